The summed E-state index contributed by atoms with van der Waals surface area (Å²) in [6.45, 7) is 0.985. The van der Waals surface area contributed by atoms with Gasteiger partial charge in [-0.15, -0.1) is 0 Å². The zero-order valence-corrected chi connectivity index (χ0v) is 6.08. The molecule has 2 N–H and O–H groups in total. The van der Waals surface area contributed by atoms with Crippen LogP contribution in [-0.4, -0.2) is 37.2 Å². The van der Waals surface area contributed by atoms with Crippen molar-refractivity contribution < 1.29 is 19.4 Å². The summed E-state index contributed by atoms with van der Waals surface area (Å²) in [4.78, 5) is 20.1. The van der Waals surface area contributed by atoms with Crippen LogP contribution in [0.4, 0.5) is 0 Å². The van der Waals surface area contributed by atoms with Crippen molar-refractivity contribution in [3.05, 3.63) is 0 Å². The highest BCUT2D eigenvalue weighted by Gasteiger charge is 1.99. The van der Waals surface area contributed by atoms with Gasteiger partial charge in [-0.2, -0.15) is 0 Å². The smallest absolute Gasteiger partial charge is 0.314 e. The zero-order valence-electron chi connectivity index (χ0n) is 6.08. The van der Waals surface area contributed by atoms with E-state index in [1.54, 1.807) is 0 Å². The van der Waals surface area contributed by atoms with Crippen molar-refractivity contribution in [2.24, 2.45) is 0 Å². The van der Waals surface area contributed by atoms with Gasteiger partial charge in [-0.25, -0.2) is 0 Å². The molecule has 0 aromatic heterocycles. The molecule has 0 aromatic rings. The summed E-state index contributed by atoms with van der Waals surface area (Å²) in [5.41, 5.74) is 0. The number of nitrogens with one attached hydrogen (secondary N) is 1. The first kappa shape index (κ1) is 10.1. The van der Waals surface area contributed by atoms with Crippen molar-refractivity contribution in [3.8, 4) is 0 Å². The molecule has 5 nitrogen and oxygen atoms in total. The zero-order chi connectivity index (χ0) is 8.53. The number of ether oxygens (including phenoxy) is 1. The maximum atomic E-state index is 10.5. The Kier molecular flexibility index (Phi) is 6.56. The van der Waals surface area contributed by atoms with E-state index in [9.17, 15) is 9.59 Å². The topological polar surface area (TPSA) is 75.6 Å². The van der Waals surface area contributed by atoms with Crippen LogP contribution in [0.1, 0.15) is 6.42 Å². The number of carbonyl (C=O) groups is 2. The Morgan fingerprint density at radius 3 is 2.82 bits per heavy atom. The molecule has 11 heavy (non-hydrogen) atoms. The molecule has 5 heteroatoms. The van der Waals surface area contributed by atoms with Crippen LogP contribution in [0.25, 0.3) is 0 Å². The van der Waals surface area contributed by atoms with Gasteiger partial charge in [0.2, 0.25) is 0 Å². The van der Waals surface area contributed by atoms with E-state index >= 15 is 0 Å². The fourth-order valence-electron chi connectivity index (χ4n) is 0.507. The fraction of sp³-hybridized carbons (Fsp3) is 0.667. The summed E-state index contributed by atoms with van der Waals surface area (Å²) in [6, 6.07) is 0. The second-order valence-electron chi connectivity index (χ2n) is 1.81. The van der Waals surface area contributed by atoms with E-state index in [2.05, 4.69) is 10.1 Å². The molecule has 0 spiro atoms. The molecule has 0 heterocycles. The van der Waals surface area contributed by atoms with Gasteiger partial charge in [-0.3, -0.25) is 9.59 Å². The third kappa shape index (κ3) is 6.95. The second kappa shape index (κ2) is 7.17. The van der Waals surface area contributed by atoms with Gasteiger partial charge in [0.25, 0.3) is 0 Å². The van der Waals surface area contributed by atoms with Gasteiger partial charge >= 0.3 is 12.4 Å². The highest BCUT2D eigenvalue weighted by Crippen LogP contribution is 1.80. The van der Waals surface area contributed by atoms with Crippen molar-refractivity contribution in [2.45, 2.75) is 6.42 Å². The molecule has 0 aliphatic rings. The monoisotopic (exact) mass is 161 g/mol. The maximum absolute atomic E-state index is 10.5. The molecule has 0 rings (SSSR count). The minimum atomic E-state index is -0.564. The standard InChI is InChI=1S/C6H11NO4/c8-4-3-7-2-1-6(10)11-5-9/h5,7-8H,1-4H2. The van der Waals surface area contributed by atoms with E-state index in [-0.39, 0.29) is 19.5 Å². The molecule has 0 bridgehead atoms. The van der Waals surface area contributed by atoms with Crippen LogP contribution in [0.2, 0.25) is 0 Å². The first-order valence-corrected chi connectivity index (χ1v) is 3.26. The number of aliphatic hydroxyl groups excluding tert-OH is 1. The predicted octanol–water partition coefficient (Wildman–Crippen LogP) is -1.34. The first-order chi connectivity index (χ1) is 5.31. The van der Waals surface area contributed by atoms with Gasteiger partial charge in [-0.1, -0.05) is 0 Å². The lowest BCUT2D eigenvalue weighted by atomic mass is 10.4. The minimum Gasteiger partial charge on any atom is -0.395 e. The number of aliphatic hydroxyl groups is 1. The predicted molar refractivity (Wildman–Crippen MR) is 36.7 cm³/mol. The lowest BCUT2D eigenvalue weighted by Gasteiger charge is -1.99. The van der Waals surface area contributed by atoms with Gasteiger partial charge in [0.15, 0.2) is 0 Å². The molecule has 0 saturated heterocycles. The molecule has 0 aliphatic carbocycles. The number of hydrogen-bond donors (Lipinski definition) is 2. The van der Waals surface area contributed by atoms with E-state index in [0.29, 0.717) is 13.1 Å². The van der Waals surface area contributed by atoms with E-state index in [0.717, 1.165) is 0 Å². The lowest BCUT2D eigenvalue weighted by Crippen LogP contribution is -2.22. The third-order valence-corrected chi connectivity index (χ3v) is 0.974. The van der Waals surface area contributed by atoms with Crippen molar-refractivity contribution in [3.63, 3.8) is 0 Å². The Hall–Kier alpha value is -0.940. The van der Waals surface area contributed by atoms with Crippen LogP contribution in [0.5, 0.6) is 0 Å². The van der Waals surface area contributed by atoms with Crippen molar-refractivity contribution in [1.29, 1.82) is 0 Å². The normalized spacial score (nSPS) is 9.18. The number of hydrogen-bond acceptors (Lipinski definition) is 5. The van der Waals surface area contributed by atoms with Crippen LogP contribution in [0, 0.1) is 0 Å². The van der Waals surface area contributed by atoms with Crippen molar-refractivity contribution in [2.75, 3.05) is 19.7 Å². The molecule has 64 valence electrons. The van der Waals surface area contributed by atoms with E-state index in [4.69, 9.17) is 5.11 Å². The summed E-state index contributed by atoms with van der Waals surface area (Å²) < 4.78 is 4.00. The number of esters is 1. The van der Waals surface area contributed by atoms with Crippen LogP contribution in [0.3, 0.4) is 0 Å². The van der Waals surface area contributed by atoms with Crippen LogP contribution in [-0.2, 0) is 14.3 Å². The molecule has 0 unspecified atom stereocenters. The SMILES string of the molecule is O=COC(=O)CCNCCO. The average Bonchev–Trinajstić information content (AvgIpc) is 1.99. The summed E-state index contributed by atoms with van der Waals surface area (Å²) in [6.07, 6.45) is 0.138. The summed E-state index contributed by atoms with van der Waals surface area (Å²) >= 11 is 0. The largest absolute Gasteiger partial charge is 0.395 e. The van der Waals surface area contributed by atoms with E-state index < -0.39 is 5.97 Å². The maximum Gasteiger partial charge on any atom is 0.314 e. The first-order valence-electron chi connectivity index (χ1n) is 3.26. The number of rotatable bonds is 6. The fourth-order valence-corrected chi connectivity index (χ4v) is 0.507. The molecule has 0 atom stereocenters. The van der Waals surface area contributed by atoms with Crippen molar-refractivity contribution in [1.82, 2.24) is 5.32 Å². The highest BCUT2D eigenvalue weighted by atomic mass is 16.6. The molecule has 0 saturated carbocycles. The van der Waals surface area contributed by atoms with Crippen molar-refractivity contribution >= 4 is 12.4 Å². The number of carbonyl (C=O) groups excluding carboxylic acids is 2. The van der Waals surface area contributed by atoms with Gasteiger partial charge < -0.3 is 15.2 Å². The Bertz CT molecular complexity index is 126. The summed E-state index contributed by atoms with van der Waals surface area (Å²) in [5, 5.41) is 11.1. The Balaban J connectivity index is 3.10. The van der Waals surface area contributed by atoms with Gasteiger partial charge in [-0.05, 0) is 0 Å². The average molecular weight is 161 g/mol. The van der Waals surface area contributed by atoms with Crippen LogP contribution < -0.4 is 5.32 Å². The molecule has 0 aromatic carbocycles. The Labute approximate surface area is 64.3 Å². The minimum absolute atomic E-state index is 0.0305. The van der Waals surface area contributed by atoms with E-state index in [1.807, 2.05) is 0 Å². The Morgan fingerprint density at radius 1 is 1.55 bits per heavy atom. The Morgan fingerprint density at radius 2 is 2.27 bits per heavy atom. The molecule has 0 fully saturated rings. The lowest BCUT2D eigenvalue weighted by molar-refractivity contribution is -0.151. The molecular formula is C6H11NO4. The highest BCUT2D eigenvalue weighted by molar-refractivity contribution is 5.76. The molecular weight excluding hydrogens is 150 g/mol. The molecule has 0 radical (unpaired) electrons. The van der Waals surface area contributed by atoms with Gasteiger partial charge in [0.05, 0.1) is 13.0 Å². The van der Waals surface area contributed by atoms with Gasteiger partial charge in [0, 0.05) is 13.1 Å². The second-order valence-corrected chi connectivity index (χ2v) is 1.81. The third-order valence-electron chi connectivity index (χ3n) is 0.974. The van der Waals surface area contributed by atoms with E-state index in [1.165, 1.54) is 0 Å². The quantitative estimate of drug-likeness (QED) is 0.218. The molecule has 0 aliphatic heterocycles. The molecule has 0 amide bonds. The van der Waals surface area contributed by atoms with Gasteiger partial charge in [0.1, 0.15) is 0 Å². The van der Waals surface area contributed by atoms with Crippen LogP contribution >= 0.6 is 0 Å². The van der Waals surface area contributed by atoms with Crippen LogP contribution in [0.15, 0.2) is 0 Å². The summed E-state index contributed by atoms with van der Waals surface area (Å²) in [5.74, 6) is -0.564. The summed E-state index contributed by atoms with van der Waals surface area (Å²) in [7, 11) is 0.